The number of hydrogen-bond acceptors (Lipinski definition) is 5. The second-order valence-corrected chi connectivity index (χ2v) is 7.24. The van der Waals surface area contributed by atoms with Gasteiger partial charge in [-0.3, -0.25) is 0 Å². The van der Waals surface area contributed by atoms with Crippen LogP contribution in [0.1, 0.15) is 31.4 Å². The summed E-state index contributed by atoms with van der Waals surface area (Å²) < 4.78 is 0. The number of likely N-dealkylation sites (tertiary alicyclic amines) is 1. The van der Waals surface area contributed by atoms with Crippen molar-refractivity contribution in [2.45, 2.75) is 38.3 Å². The summed E-state index contributed by atoms with van der Waals surface area (Å²) in [6.07, 6.45) is 5.32. The largest absolute Gasteiger partial charge is 0.351 e. The number of aromatic nitrogens is 1. The highest BCUT2D eigenvalue weighted by molar-refractivity contribution is 7.13. The van der Waals surface area contributed by atoms with E-state index in [4.69, 9.17) is 4.98 Å². The molecule has 2 fully saturated rings. The van der Waals surface area contributed by atoms with Crippen molar-refractivity contribution in [1.29, 1.82) is 0 Å². The topological polar surface area (TPSA) is 31.4 Å². The second kappa shape index (κ2) is 6.41. The third kappa shape index (κ3) is 3.93. The molecule has 0 bridgehead atoms. The van der Waals surface area contributed by atoms with Crippen LogP contribution in [0, 0.1) is 5.92 Å². The normalized spacial score (nSPS) is 21.3. The van der Waals surface area contributed by atoms with E-state index in [0.29, 0.717) is 0 Å². The zero-order valence-corrected chi connectivity index (χ0v) is 13.5. The number of rotatable bonds is 6. The number of hydrogen-bond donors (Lipinski definition) is 1. The Balaban J connectivity index is 1.47. The fraction of sp³-hybridized carbons (Fsp3) is 0.800. The van der Waals surface area contributed by atoms with Gasteiger partial charge in [0.25, 0.3) is 0 Å². The lowest BCUT2D eigenvalue weighted by Crippen LogP contribution is -2.35. The van der Waals surface area contributed by atoms with Crippen LogP contribution in [-0.4, -0.2) is 49.7 Å². The molecule has 0 spiro atoms. The van der Waals surface area contributed by atoms with Gasteiger partial charge in [0.1, 0.15) is 0 Å². The summed E-state index contributed by atoms with van der Waals surface area (Å²) in [5.41, 5.74) is 1.20. The molecule has 0 radical (unpaired) electrons. The van der Waals surface area contributed by atoms with E-state index in [-0.39, 0.29) is 0 Å². The summed E-state index contributed by atoms with van der Waals surface area (Å²) >= 11 is 1.78. The van der Waals surface area contributed by atoms with Crippen LogP contribution in [0.15, 0.2) is 5.38 Å². The van der Waals surface area contributed by atoms with Crippen molar-refractivity contribution in [3.8, 4) is 0 Å². The maximum absolute atomic E-state index is 4.76. The van der Waals surface area contributed by atoms with Crippen LogP contribution < -0.4 is 10.2 Å². The van der Waals surface area contributed by atoms with Gasteiger partial charge in [-0.25, -0.2) is 4.98 Å². The van der Waals surface area contributed by atoms with E-state index >= 15 is 0 Å². The molecule has 2 aliphatic rings. The van der Waals surface area contributed by atoms with Gasteiger partial charge in [-0.05, 0) is 51.7 Å². The first-order valence-electron chi connectivity index (χ1n) is 7.78. The first kappa shape index (κ1) is 14.3. The predicted molar refractivity (Wildman–Crippen MR) is 85.5 cm³/mol. The molecule has 1 N–H and O–H groups in total. The highest BCUT2D eigenvalue weighted by Gasteiger charge is 2.21. The molecule has 0 unspecified atom stereocenters. The first-order valence-corrected chi connectivity index (χ1v) is 8.66. The zero-order chi connectivity index (χ0) is 13.9. The van der Waals surface area contributed by atoms with Gasteiger partial charge >= 0.3 is 0 Å². The Morgan fingerprint density at radius 2 is 2.10 bits per heavy atom. The van der Waals surface area contributed by atoms with E-state index in [1.54, 1.807) is 11.3 Å². The van der Waals surface area contributed by atoms with Gasteiger partial charge in [-0.2, -0.15) is 0 Å². The van der Waals surface area contributed by atoms with Crippen molar-refractivity contribution >= 4 is 16.5 Å². The molecule has 1 saturated carbocycles. The molecular formula is C15H26N4S. The first-order chi connectivity index (χ1) is 9.70. The average molecular weight is 294 g/mol. The fourth-order valence-electron chi connectivity index (χ4n) is 2.80. The van der Waals surface area contributed by atoms with Crippen LogP contribution in [0.5, 0.6) is 0 Å². The Labute approximate surface area is 126 Å². The van der Waals surface area contributed by atoms with Gasteiger partial charge < -0.3 is 15.1 Å². The van der Waals surface area contributed by atoms with Crippen LogP contribution in [0.25, 0.3) is 0 Å². The quantitative estimate of drug-likeness (QED) is 0.871. The minimum absolute atomic E-state index is 0.761. The number of piperidine rings is 1. The maximum Gasteiger partial charge on any atom is 0.185 e. The van der Waals surface area contributed by atoms with Crippen molar-refractivity contribution < 1.29 is 0 Å². The van der Waals surface area contributed by atoms with E-state index < -0.39 is 0 Å². The summed E-state index contributed by atoms with van der Waals surface area (Å²) in [4.78, 5) is 9.54. The molecule has 0 atom stereocenters. The van der Waals surface area contributed by atoms with Gasteiger partial charge in [-0.15, -0.1) is 11.3 Å². The Kier molecular flexibility index (Phi) is 4.58. The van der Waals surface area contributed by atoms with E-state index in [2.05, 4.69) is 34.6 Å². The van der Waals surface area contributed by atoms with Gasteiger partial charge in [0, 0.05) is 31.6 Å². The number of thiazole rings is 1. The number of anilines is 1. The lowest BCUT2D eigenvalue weighted by Gasteiger charge is -2.31. The molecule has 1 aliphatic heterocycles. The monoisotopic (exact) mass is 294 g/mol. The summed E-state index contributed by atoms with van der Waals surface area (Å²) in [6, 6.07) is 0.761. The molecule has 2 heterocycles. The Morgan fingerprint density at radius 3 is 2.80 bits per heavy atom. The molecule has 4 nitrogen and oxygen atoms in total. The van der Waals surface area contributed by atoms with Crippen LogP contribution >= 0.6 is 11.3 Å². The molecule has 1 aliphatic carbocycles. The Bertz CT molecular complexity index is 421. The van der Waals surface area contributed by atoms with Crippen LogP contribution in [0.2, 0.25) is 0 Å². The molecule has 112 valence electrons. The number of nitrogens with zero attached hydrogens (tertiary/aromatic N) is 3. The van der Waals surface area contributed by atoms with Crippen molar-refractivity contribution in [2.75, 3.05) is 38.6 Å². The van der Waals surface area contributed by atoms with Gasteiger partial charge in [0.2, 0.25) is 0 Å². The third-order valence-electron chi connectivity index (χ3n) is 4.39. The van der Waals surface area contributed by atoms with Crippen molar-refractivity contribution in [1.82, 2.24) is 15.2 Å². The molecule has 1 aromatic rings. The maximum atomic E-state index is 4.76. The van der Waals surface area contributed by atoms with Crippen LogP contribution in [0.4, 0.5) is 5.13 Å². The molecule has 1 aromatic heterocycles. The Hall–Kier alpha value is -0.650. The van der Waals surface area contributed by atoms with Crippen LogP contribution in [-0.2, 0) is 6.54 Å². The van der Waals surface area contributed by atoms with Crippen LogP contribution in [0.3, 0.4) is 0 Å². The van der Waals surface area contributed by atoms with Gasteiger partial charge in [-0.1, -0.05) is 0 Å². The SMILES string of the molecule is CN1CCC(CN(C)c2nc(CNC3CC3)cs2)CC1. The molecular weight excluding hydrogens is 268 g/mol. The minimum Gasteiger partial charge on any atom is -0.351 e. The lowest BCUT2D eigenvalue weighted by atomic mass is 9.97. The average Bonchev–Trinajstić information content (AvgIpc) is 3.15. The van der Waals surface area contributed by atoms with Crippen molar-refractivity contribution in [3.05, 3.63) is 11.1 Å². The van der Waals surface area contributed by atoms with E-state index in [0.717, 1.165) is 25.0 Å². The standard InChI is InChI=1S/C15H26N4S/c1-18-7-5-12(6-8-18)10-19(2)15-17-14(11-20-15)9-16-13-3-4-13/h11-13,16H,3-10H2,1-2H3. The van der Waals surface area contributed by atoms with Gasteiger partial charge in [0.15, 0.2) is 5.13 Å². The summed E-state index contributed by atoms with van der Waals surface area (Å²) in [7, 11) is 4.41. The number of nitrogens with one attached hydrogen (secondary N) is 1. The van der Waals surface area contributed by atoms with Crippen molar-refractivity contribution in [2.24, 2.45) is 5.92 Å². The van der Waals surface area contributed by atoms with E-state index in [9.17, 15) is 0 Å². The highest BCUT2D eigenvalue weighted by Crippen LogP contribution is 2.24. The van der Waals surface area contributed by atoms with E-state index in [1.807, 2.05) is 0 Å². The molecule has 0 aromatic carbocycles. The lowest BCUT2D eigenvalue weighted by molar-refractivity contribution is 0.222. The third-order valence-corrected chi connectivity index (χ3v) is 5.39. The van der Waals surface area contributed by atoms with Crippen molar-refractivity contribution in [3.63, 3.8) is 0 Å². The molecule has 20 heavy (non-hydrogen) atoms. The molecule has 0 amide bonds. The summed E-state index contributed by atoms with van der Waals surface area (Å²) in [5.74, 6) is 0.827. The summed E-state index contributed by atoms with van der Waals surface area (Å²) in [6.45, 7) is 4.57. The smallest absolute Gasteiger partial charge is 0.185 e. The summed E-state index contributed by atoms with van der Waals surface area (Å²) in [5, 5.41) is 6.91. The second-order valence-electron chi connectivity index (χ2n) is 6.40. The fourth-order valence-corrected chi connectivity index (χ4v) is 3.60. The Morgan fingerprint density at radius 1 is 1.35 bits per heavy atom. The minimum atomic E-state index is 0.761. The zero-order valence-electron chi connectivity index (χ0n) is 12.6. The van der Waals surface area contributed by atoms with Gasteiger partial charge in [0.05, 0.1) is 5.69 Å². The predicted octanol–water partition coefficient (Wildman–Crippen LogP) is 2.17. The molecule has 3 rings (SSSR count). The molecule has 1 saturated heterocycles. The molecule has 5 heteroatoms. The van der Waals surface area contributed by atoms with E-state index in [1.165, 1.54) is 49.6 Å². The highest BCUT2D eigenvalue weighted by atomic mass is 32.1.